The summed E-state index contributed by atoms with van der Waals surface area (Å²) in [5, 5.41) is 25.4. The van der Waals surface area contributed by atoms with Gasteiger partial charge in [0.05, 0.1) is 22.4 Å². The summed E-state index contributed by atoms with van der Waals surface area (Å²) in [6.45, 7) is 2.41. The highest BCUT2D eigenvalue weighted by Crippen LogP contribution is 2.35. The maximum atomic E-state index is 12.7. The Hall–Kier alpha value is -3.85. The molecule has 2 heterocycles. The Morgan fingerprint density at radius 3 is 2.18 bits per heavy atom. The standard InChI is InChI=1S/C23H25N3O3S.C4H4O4/c24-17-23(18-7-2-1-3-8-18)12-15-26(16-13-23)14-6-10-20-22(27)19-9-4-5-11-21(19)30(28,29)25-20;5-3(6)1-2-4(7)8/h1-5,7-9,11,20,25H,6,10,12-16H2;1-2H,(H,5,6)(H,7,8)/b;2-1+. The number of fused-ring (bicyclic) bond motifs is 1. The van der Waals surface area contributed by atoms with Crippen LogP contribution in [0, 0.1) is 11.3 Å². The molecule has 1 saturated heterocycles. The molecule has 1 unspecified atom stereocenters. The van der Waals surface area contributed by atoms with Gasteiger partial charge in [0, 0.05) is 17.7 Å². The van der Waals surface area contributed by atoms with E-state index < -0.39 is 33.4 Å². The summed E-state index contributed by atoms with van der Waals surface area (Å²) in [7, 11) is -3.65. The van der Waals surface area contributed by atoms with Crippen LogP contribution in [-0.4, -0.2) is 66.9 Å². The first-order valence-electron chi connectivity index (χ1n) is 12.1. The monoisotopic (exact) mass is 539 g/mol. The summed E-state index contributed by atoms with van der Waals surface area (Å²) in [5.41, 5.74) is 0.921. The van der Waals surface area contributed by atoms with Crippen molar-refractivity contribution in [1.29, 1.82) is 5.26 Å². The van der Waals surface area contributed by atoms with E-state index in [1.807, 2.05) is 30.3 Å². The quantitative estimate of drug-likeness (QED) is 0.448. The summed E-state index contributed by atoms with van der Waals surface area (Å²) in [4.78, 5) is 34.2. The Bertz CT molecular complexity index is 1330. The number of nitriles is 1. The molecule has 2 aromatic rings. The van der Waals surface area contributed by atoms with Gasteiger partial charge in [-0.2, -0.15) is 5.26 Å². The number of hydrogen-bond donors (Lipinski definition) is 3. The number of carboxylic acid groups (broad SMARTS) is 2. The molecule has 1 fully saturated rings. The van der Waals surface area contributed by atoms with Gasteiger partial charge in [-0.05, 0) is 63.0 Å². The lowest BCUT2D eigenvalue weighted by molar-refractivity contribution is -0.134. The van der Waals surface area contributed by atoms with Crippen LogP contribution in [0.2, 0.25) is 0 Å². The van der Waals surface area contributed by atoms with E-state index in [1.165, 1.54) is 6.07 Å². The molecular weight excluding hydrogens is 510 g/mol. The van der Waals surface area contributed by atoms with Gasteiger partial charge in [-0.15, -0.1) is 0 Å². The largest absolute Gasteiger partial charge is 0.478 e. The molecule has 0 aromatic heterocycles. The molecule has 2 aromatic carbocycles. The van der Waals surface area contributed by atoms with E-state index >= 15 is 0 Å². The van der Waals surface area contributed by atoms with Crippen molar-refractivity contribution in [2.24, 2.45) is 0 Å². The first kappa shape index (κ1) is 28.7. The molecule has 11 heteroatoms. The zero-order chi connectivity index (χ0) is 27.8. The van der Waals surface area contributed by atoms with Crippen LogP contribution in [0.15, 0.2) is 71.6 Å². The van der Waals surface area contributed by atoms with E-state index in [-0.39, 0.29) is 16.2 Å². The molecular formula is C27H29N3O7S. The van der Waals surface area contributed by atoms with E-state index in [1.54, 1.807) is 18.2 Å². The number of hydrogen-bond acceptors (Lipinski definition) is 7. The minimum absolute atomic E-state index is 0.0658. The zero-order valence-electron chi connectivity index (χ0n) is 20.6. The molecule has 0 amide bonds. The number of aliphatic carboxylic acids is 2. The molecule has 2 aliphatic heterocycles. The molecule has 200 valence electrons. The predicted molar refractivity (Wildman–Crippen MR) is 138 cm³/mol. The third kappa shape index (κ3) is 7.13. The Morgan fingerprint density at radius 2 is 1.61 bits per heavy atom. The number of rotatable bonds is 7. The predicted octanol–water partition coefficient (Wildman–Crippen LogP) is 2.58. The average molecular weight is 540 g/mol. The number of nitrogens with zero attached hydrogens (tertiary/aromatic N) is 2. The number of likely N-dealkylation sites (tertiary alicyclic amines) is 1. The van der Waals surface area contributed by atoms with Gasteiger partial charge in [0.2, 0.25) is 10.0 Å². The molecule has 0 aliphatic carbocycles. The Balaban J connectivity index is 0.000000436. The van der Waals surface area contributed by atoms with Crippen molar-refractivity contribution in [2.75, 3.05) is 19.6 Å². The minimum atomic E-state index is -3.65. The fourth-order valence-electron chi connectivity index (χ4n) is 4.63. The normalized spacial score (nSPS) is 20.0. The van der Waals surface area contributed by atoms with Gasteiger partial charge in [-0.25, -0.2) is 22.7 Å². The Morgan fingerprint density at radius 1 is 1.03 bits per heavy atom. The van der Waals surface area contributed by atoms with Gasteiger partial charge < -0.3 is 15.1 Å². The summed E-state index contributed by atoms with van der Waals surface area (Å²) < 4.78 is 27.4. The first-order chi connectivity index (χ1) is 18.1. The molecule has 4 rings (SSSR count). The first-order valence-corrected chi connectivity index (χ1v) is 13.5. The van der Waals surface area contributed by atoms with Gasteiger partial charge in [0.15, 0.2) is 5.78 Å². The van der Waals surface area contributed by atoms with Crippen molar-refractivity contribution in [3.8, 4) is 6.07 Å². The molecule has 38 heavy (non-hydrogen) atoms. The number of carbonyl (C=O) groups excluding carboxylic acids is 1. The highest BCUT2D eigenvalue weighted by Gasteiger charge is 2.37. The second-order valence-corrected chi connectivity index (χ2v) is 10.8. The molecule has 0 radical (unpaired) electrons. The number of sulfonamides is 1. The number of benzene rings is 2. The number of Topliss-reactive ketones (excluding diaryl/α,β-unsaturated/α-hetero) is 1. The van der Waals surface area contributed by atoms with E-state index in [0.29, 0.717) is 25.0 Å². The highest BCUT2D eigenvalue weighted by atomic mass is 32.2. The maximum absolute atomic E-state index is 12.7. The number of carboxylic acids is 2. The van der Waals surface area contributed by atoms with Gasteiger partial charge in [0.25, 0.3) is 0 Å². The average Bonchev–Trinajstić information content (AvgIpc) is 2.91. The second kappa shape index (κ2) is 12.6. The number of nitrogens with one attached hydrogen (secondary N) is 1. The van der Waals surface area contributed by atoms with Gasteiger partial charge in [-0.1, -0.05) is 42.5 Å². The molecule has 2 aliphatic rings. The van der Waals surface area contributed by atoms with Crippen LogP contribution in [0.4, 0.5) is 0 Å². The molecule has 3 N–H and O–H groups in total. The number of carbonyl (C=O) groups is 3. The van der Waals surface area contributed by atoms with Crippen LogP contribution in [0.5, 0.6) is 0 Å². The van der Waals surface area contributed by atoms with Crippen molar-refractivity contribution in [1.82, 2.24) is 9.62 Å². The SMILES string of the molecule is N#CC1(c2ccccc2)CCN(CCCC2NS(=O)(=O)c3ccccc3C2=O)CC1.O=C(O)/C=C/C(=O)O. The van der Waals surface area contributed by atoms with Crippen LogP contribution < -0.4 is 4.72 Å². The molecule has 0 saturated carbocycles. The summed E-state index contributed by atoms with van der Waals surface area (Å²) >= 11 is 0. The fraction of sp³-hybridized carbons (Fsp3) is 0.333. The van der Waals surface area contributed by atoms with Gasteiger partial charge in [-0.3, -0.25) is 4.79 Å². The van der Waals surface area contributed by atoms with Gasteiger partial charge >= 0.3 is 11.9 Å². The number of piperidine rings is 1. The summed E-state index contributed by atoms with van der Waals surface area (Å²) in [6.07, 6.45) is 3.84. The van der Waals surface area contributed by atoms with Crippen molar-refractivity contribution in [2.45, 2.75) is 42.0 Å². The Labute approximate surface area is 221 Å². The minimum Gasteiger partial charge on any atom is -0.478 e. The lowest BCUT2D eigenvalue weighted by Crippen LogP contribution is -2.46. The van der Waals surface area contributed by atoms with Crippen LogP contribution in [-0.2, 0) is 25.0 Å². The third-order valence-corrected chi connectivity index (χ3v) is 8.17. The van der Waals surface area contributed by atoms with Crippen LogP contribution in [0.25, 0.3) is 0 Å². The topological polar surface area (TPSA) is 165 Å². The van der Waals surface area contributed by atoms with Crippen molar-refractivity contribution in [3.63, 3.8) is 0 Å². The van der Waals surface area contributed by atoms with E-state index in [4.69, 9.17) is 10.2 Å². The molecule has 0 spiro atoms. The highest BCUT2D eigenvalue weighted by molar-refractivity contribution is 7.89. The summed E-state index contributed by atoms with van der Waals surface area (Å²) in [6, 6.07) is 18.1. The molecule has 10 nitrogen and oxygen atoms in total. The van der Waals surface area contributed by atoms with Gasteiger partial charge in [0.1, 0.15) is 0 Å². The van der Waals surface area contributed by atoms with Crippen LogP contribution in [0.1, 0.15) is 41.6 Å². The van der Waals surface area contributed by atoms with Crippen LogP contribution in [0.3, 0.4) is 0 Å². The molecule has 1 atom stereocenters. The second-order valence-electron chi connectivity index (χ2n) is 9.09. The lowest BCUT2D eigenvalue weighted by atomic mass is 9.74. The zero-order valence-corrected chi connectivity index (χ0v) is 21.4. The van der Waals surface area contributed by atoms with Crippen molar-refractivity contribution < 1.29 is 33.0 Å². The smallest absolute Gasteiger partial charge is 0.328 e. The van der Waals surface area contributed by atoms with E-state index in [0.717, 1.165) is 38.0 Å². The van der Waals surface area contributed by atoms with E-state index in [9.17, 15) is 28.1 Å². The Kier molecular flexibility index (Phi) is 9.52. The fourth-order valence-corrected chi connectivity index (χ4v) is 6.07. The number of ketones is 1. The summed E-state index contributed by atoms with van der Waals surface area (Å²) in [5.74, 6) is -2.67. The van der Waals surface area contributed by atoms with Crippen molar-refractivity contribution >= 4 is 27.7 Å². The molecule has 0 bridgehead atoms. The lowest BCUT2D eigenvalue weighted by Gasteiger charge is -2.37. The van der Waals surface area contributed by atoms with Crippen molar-refractivity contribution in [3.05, 3.63) is 77.9 Å². The maximum Gasteiger partial charge on any atom is 0.328 e. The third-order valence-electron chi connectivity index (χ3n) is 6.64. The van der Waals surface area contributed by atoms with Crippen LogP contribution >= 0.6 is 0 Å². The van der Waals surface area contributed by atoms with E-state index in [2.05, 4.69) is 15.7 Å².